The third kappa shape index (κ3) is 7.89. The third-order valence-corrected chi connectivity index (χ3v) is 5.98. The number of benzene rings is 2. The van der Waals surface area contributed by atoms with Gasteiger partial charge in [0.05, 0.1) is 5.56 Å². The van der Waals surface area contributed by atoms with E-state index in [0.717, 1.165) is 44.3 Å². The minimum absolute atomic E-state index is 0.160. The molecule has 0 saturated carbocycles. The number of rotatable bonds is 9. The fraction of sp³-hybridized carbons (Fsp3) is 0.417. The van der Waals surface area contributed by atoms with Gasteiger partial charge in [-0.25, -0.2) is 0 Å². The Bertz CT molecular complexity index is 962. The molecule has 2 amide bonds. The van der Waals surface area contributed by atoms with Crippen LogP contribution in [0, 0.1) is 0 Å². The molecule has 2 aromatic carbocycles. The highest BCUT2D eigenvalue weighted by molar-refractivity contribution is 6.31. The van der Waals surface area contributed by atoms with Gasteiger partial charge in [-0.2, -0.15) is 0 Å². The zero-order valence-corrected chi connectivity index (χ0v) is 20.5. The summed E-state index contributed by atoms with van der Waals surface area (Å²) in [6.07, 6.45) is 0. The van der Waals surface area contributed by atoms with Crippen molar-refractivity contribution in [3.63, 3.8) is 0 Å². The molecule has 3 rings (SSSR count). The Balaban J connectivity index is 1.44. The normalized spacial score (nSPS) is 14.7. The molecule has 178 valence electrons. The quantitative estimate of drug-likeness (QED) is 0.582. The number of carbonyl (C=O) groups excluding carboxylic acids is 2. The summed E-state index contributed by atoms with van der Waals surface area (Å²) in [7, 11) is 3.29. The maximum atomic E-state index is 12.7. The molecule has 0 radical (unpaired) electrons. The lowest BCUT2D eigenvalue weighted by molar-refractivity contribution is -0.130. The van der Waals surface area contributed by atoms with E-state index < -0.39 is 0 Å². The van der Waals surface area contributed by atoms with Crippen molar-refractivity contribution >= 4 is 35.0 Å². The monoisotopic (exact) mass is 492 g/mol. The maximum Gasteiger partial charge on any atom is 0.259 e. The van der Waals surface area contributed by atoms with E-state index in [2.05, 4.69) is 21.2 Å². The predicted molar refractivity (Wildman–Crippen MR) is 131 cm³/mol. The van der Waals surface area contributed by atoms with Gasteiger partial charge in [0, 0.05) is 70.0 Å². The summed E-state index contributed by atoms with van der Waals surface area (Å²) in [6, 6.07) is 12.8. The molecule has 33 heavy (non-hydrogen) atoms. The Morgan fingerprint density at radius 1 is 1.00 bits per heavy atom. The molecular formula is C24H30Cl2N4O3. The Morgan fingerprint density at radius 3 is 2.39 bits per heavy atom. The predicted octanol–water partition coefficient (Wildman–Crippen LogP) is 3.01. The van der Waals surface area contributed by atoms with Crippen LogP contribution in [0.4, 0.5) is 0 Å². The van der Waals surface area contributed by atoms with Gasteiger partial charge in [0.25, 0.3) is 11.8 Å². The van der Waals surface area contributed by atoms with Crippen LogP contribution in [0.25, 0.3) is 0 Å². The molecule has 1 heterocycles. The molecule has 0 unspecified atom stereocenters. The second-order valence-corrected chi connectivity index (χ2v) is 9.09. The van der Waals surface area contributed by atoms with E-state index in [0.29, 0.717) is 22.9 Å². The van der Waals surface area contributed by atoms with Crippen LogP contribution in [0.15, 0.2) is 42.5 Å². The summed E-state index contributed by atoms with van der Waals surface area (Å²) < 4.78 is 5.57. The molecule has 1 saturated heterocycles. The number of hydrogen-bond donors (Lipinski definition) is 1. The van der Waals surface area contributed by atoms with Crippen LogP contribution in [0.5, 0.6) is 5.75 Å². The third-order valence-electron chi connectivity index (χ3n) is 5.51. The van der Waals surface area contributed by atoms with Crippen LogP contribution in [0.3, 0.4) is 0 Å². The van der Waals surface area contributed by atoms with Crippen LogP contribution >= 0.6 is 23.2 Å². The van der Waals surface area contributed by atoms with Crippen molar-refractivity contribution in [1.29, 1.82) is 0 Å². The minimum Gasteiger partial charge on any atom is -0.483 e. The highest BCUT2D eigenvalue weighted by atomic mass is 35.5. The van der Waals surface area contributed by atoms with Crippen molar-refractivity contribution in [3.8, 4) is 5.75 Å². The molecule has 1 aliphatic heterocycles. The van der Waals surface area contributed by atoms with Crippen molar-refractivity contribution in [2.24, 2.45) is 0 Å². The molecule has 0 bridgehead atoms. The van der Waals surface area contributed by atoms with Crippen molar-refractivity contribution in [2.45, 2.75) is 6.54 Å². The number of carbonyl (C=O) groups is 2. The van der Waals surface area contributed by atoms with Gasteiger partial charge in [0.1, 0.15) is 5.75 Å². The molecule has 1 N–H and O–H groups in total. The molecule has 1 aliphatic rings. The van der Waals surface area contributed by atoms with Gasteiger partial charge < -0.3 is 15.0 Å². The maximum absolute atomic E-state index is 12.7. The van der Waals surface area contributed by atoms with E-state index in [4.69, 9.17) is 27.9 Å². The highest BCUT2D eigenvalue weighted by Crippen LogP contribution is 2.23. The molecule has 1 fully saturated rings. The van der Waals surface area contributed by atoms with Crippen LogP contribution in [0.1, 0.15) is 15.9 Å². The SMILES string of the molecule is CN(C)C(=O)COc1cc(Cl)ccc1C(=O)NCCN1CCN(Cc2cccc(Cl)c2)CC1. The van der Waals surface area contributed by atoms with Gasteiger partial charge in [-0.3, -0.25) is 19.4 Å². The number of halogens is 2. The summed E-state index contributed by atoms with van der Waals surface area (Å²) in [5.74, 6) is -0.153. The summed E-state index contributed by atoms with van der Waals surface area (Å²) in [6.45, 7) is 5.83. The lowest BCUT2D eigenvalue weighted by Crippen LogP contribution is -2.48. The lowest BCUT2D eigenvalue weighted by Gasteiger charge is -2.34. The standard InChI is InChI=1S/C24H30Cl2N4O3/c1-28(2)23(31)17-33-22-15-20(26)6-7-21(22)24(32)27-8-9-29-10-12-30(13-11-29)16-18-4-3-5-19(25)14-18/h3-7,14-15H,8-13,16-17H2,1-2H3,(H,27,32). The summed E-state index contributed by atoms with van der Waals surface area (Å²) in [4.78, 5) is 30.7. The van der Waals surface area contributed by atoms with Crippen molar-refractivity contribution in [1.82, 2.24) is 20.0 Å². The number of amides is 2. The molecule has 0 aliphatic carbocycles. The number of ether oxygens (including phenoxy) is 1. The fourth-order valence-electron chi connectivity index (χ4n) is 3.56. The Hall–Kier alpha value is -2.32. The summed E-state index contributed by atoms with van der Waals surface area (Å²) in [5.41, 5.74) is 1.58. The molecular weight excluding hydrogens is 463 g/mol. The molecule has 0 spiro atoms. The van der Waals surface area contributed by atoms with Gasteiger partial charge in [0.15, 0.2) is 6.61 Å². The lowest BCUT2D eigenvalue weighted by atomic mass is 10.2. The number of nitrogens with zero attached hydrogens (tertiary/aromatic N) is 3. The van der Waals surface area contributed by atoms with E-state index in [-0.39, 0.29) is 18.4 Å². The first-order chi connectivity index (χ1) is 15.8. The van der Waals surface area contributed by atoms with Gasteiger partial charge in [-0.15, -0.1) is 0 Å². The fourth-order valence-corrected chi connectivity index (χ4v) is 3.93. The minimum atomic E-state index is -0.251. The molecule has 7 nitrogen and oxygen atoms in total. The van der Waals surface area contributed by atoms with E-state index in [1.807, 2.05) is 18.2 Å². The smallest absolute Gasteiger partial charge is 0.259 e. The van der Waals surface area contributed by atoms with Gasteiger partial charge >= 0.3 is 0 Å². The average Bonchev–Trinajstić information content (AvgIpc) is 2.78. The van der Waals surface area contributed by atoms with E-state index in [1.54, 1.807) is 32.3 Å². The zero-order valence-electron chi connectivity index (χ0n) is 19.0. The number of nitrogens with one attached hydrogen (secondary N) is 1. The molecule has 0 atom stereocenters. The Morgan fingerprint density at radius 2 is 1.70 bits per heavy atom. The van der Waals surface area contributed by atoms with Crippen molar-refractivity contribution in [2.75, 3.05) is 60.0 Å². The first-order valence-electron chi connectivity index (χ1n) is 10.9. The molecule has 9 heteroatoms. The van der Waals surface area contributed by atoms with E-state index >= 15 is 0 Å². The zero-order chi connectivity index (χ0) is 23.8. The Kier molecular flexibility index (Phi) is 9.38. The van der Waals surface area contributed by atoms with Gasteiger partial charge in [-0.05, 0) is 35.9 Å². The highest BCUT2D eigenvalue weighted by Gasteiger charge is 2.18. The summed E-state index contributed by atoms with van der Waals surface area (Å²) in [5, 5.41) is 4.15. The topological polar surface area (TPSA) is 65.1 Å². The molecule has 2 aromatic rings. The first kappa shape index (κ1) is 25.3. The first-order valence-corrected chi connectivity index (χ1v) is 11.7. The van der Waals surface area contributed by atoms with E-state index in [1.165, 1.54) is 10.5 Å². The van der Waals surface area contributed by atoms with Crippen molar-refractivity contribution in [3.05, 3.63) is 63.6 Å². The number of likely N-dealkylation sites (N-methyl/N-ethyl adjacent to an activating group) is 1. The average molecular weight is 493 g/mol. The Labute approximate surface area is 205 Å². The number of hydrogen-bond acceptors (Lipinski definition) is 5. The second kappa shape index (κ2) is 12.2. The van der Waals surface area contributed by atoms with Crippen LogP contribution in [0.2, 0.25) is 10.0 Å². The van der Waals surface area contributed by atoms with Gasteiger partial charge in [0.2, 0.25) is 0 Å². The van der Waals surface area contributed by atoms with Gasteiger partial charge in [-0.1, -0.05) is 35.3 Å². The summed E-state index contributed by atoms with van der Waals surface area (Å²) >= 11 is 12.1. The van der Waals surface area contributed by atoms with Crippen molar-refractivity contribution < 1.29 is 14.3 Å². The largest absolute Gasteiger partial charge is 0.483 e. The van der Waals surface area contributed by atoms with Crippen LogP contribution in [-0.4, -0.2) is 86.5 Å². The van der Waals surface area contributed by atoms with E-state index in [9.17, 15) is 9.59 Å². The van der Waals surface area contributed by atoms with Crippen LogP contribution < -0.4 is 10.1 Å². The second-order valence-electron chi connectivity index (χ2n) is 8.22. The van der Waals surface area contributed by atoms with Crippen LogP contribution in [-0.2, 0) is 11.3 Å². The molecule has 0 aromatic heterocycles. The number of piperazine rings is 1.